The van der Waals surface area contributed by atoms with Gasteiger partial charge in [-0.1, -0.05) is 18.7 Å². The van der Waals surface area contributed by atoms with E-state index in [-0.39, 0.29) is 11.2 Å². The molecule has 7 heteroatoms. The molecule has 102 valence electrons. The maximum absolute atomic E-state index is 11.7. The number of carbonyl (C=O) groups is 1. The van der Waals surface area contributed by atoms with E-state index in [1.165, 1.54) is 0 Å². The van der Waals surface area contributed by atoms with Crippen LogP contribution in [0, 0.1) is 0 Å². The topological polar surface area (TPSA) is 83.0 Å². The van der Waals surface area contributed by atoms with Gasteiger partial charge in [-0.25, -0.2) is 0 Å². The van der Waals surface area contributed by atoms with Gasteiger partial charge in [0.1, 0.15) is 11.9 Å². The lowest BCUT2D eigenvalue weighted by Crippen LogP contribution is -2.47. The zero-order valence-corrected chi connectivity index (χ0v) is 12.0. The highest BCUT2D eigenvalue weighted by molar-refractivity contribution is 7.99. The molecule has 0 bridgehead atoms. The number of nitrogens with zero attached hydrogens (tertiary/aromatic N) is 3. The van der Waals surface area contributed by atoms with Gasteiger partial charge in [-0.05, 0) is 20.3 Å². The van der Waals surface area contributed by atoms with Crippen LogP contribution in [0.5, 0.6) is 0 Å². The average molecular weight is 272 g/mol. The largest absolute Gasteiger partial charge is 0.465 e. The van der Waals surface area contributed by atoms with Gasteiger partial charge >= 0.3 is 5.97 Å². The molecule has 1 aromatic heterocycles. The van der Waals surface area contributed by atoms with Crippen LogP contribution in [-0.4, -0.2) is 38.1 Å². The van der Waals surface area contributed by atoms with Crippen molar-refractivity contribution in [3.8, 4) is 0 Å². The maximum atomic E-state index is 11.7. The van der Waals surface area contributed by atoms with E-state index < -0.39 is 5.54 Å². The van der Waals surface area contributed by atoms with Crippen LogP contribution >= 0.6 is 11.8 Å². The lowest BCUT2D eigenvalue weighted by molar-refractivity contribution is -0.149. The first-order valence-electron chi connectivity index (χ1n) is 5.83. The van der Waals surface area contributed by atoms with Crippen LogP contribution in [0.3, 0.4) is 0 Å². The monoisotopic (exact) mass is 272 g/mol. The Labute approximate surface area is 111 Å². The molecule has 0 spiro atoms. The van der Waals surface area contributed by atoms with Gasteiger partial charge in [0, 0.05) is 12.3 Å². The molecule has 1 rings (SSSR count). The molecule has 0 aliphatic carbocycles. The second kappa shape index (κ2) is 6.19. The second-order valence-corrected chi connectivity index (χ2v) is 5.90. The molecule has 1 aromatic rings. The van der Waals surface area contributed by atoms with E-state index in [1.807, 2.05) is 18.5 Å². The summed E-state index contributed by atoms with van der Waals surface area (Å²) in [7, 11) is 1.88. The zero-order valence-electron chi connectivity index (χ0n) is 11.2. The van der Waals surface area contributed by atoms with Crippen molar-refractivity contribution in [3.63, 3.8) is 0 Å². The average Bonchev–Trinajstić information content (AvgIpc) is 2.63. The van der Waals surface area contributed by atoms with Crippen molar-refractivity contribution in [2.24, 2.45) is 12.8 Å². The number of carbonyl (C=O) groups excluding carboxylic acids is 1. The third kappa shape index (κ3) is 3.99. The van der Waals surface area contributed by atoms with E-state index in [9.17, 15) is 4.79 Å². The molecule has 6 nitrogen and oxygen atoms in total. The van der Waals surface area contributed by atoms with E-state index in [4.69, 9.17) is 10.5 Å². The molecular formula is C11H20N4O2S. The van der Waals surface area contributed by atoms with Crippen molar-refractivity contribution in [2.75, 3.05) is 6.61 Å². The minimum absolute atomic E-state index is 0.146. The predicted molar refractivity (Wildman–Crippen MR) is 70.2 cm³/mol. The molecule has 1 heterocycles. The van der Waals surface area contributed by atoms with E-state index in [0.717, 1.165) is 5.16 Å². The molecule has 0 saturated carbocycles. The van der Waals surface area contributed by atoms with Gasteiger partial charge in [-0.15, -0.1) is 10.2 Å². The van der Waals surface area contributed by atoms with E-state index in [1.54, 1.807) is 31.9 Å². The molecule has 0 aliphatic rings. The summed E-state index contributed by atoms with van der Waals surface area (Å²) in [6.45, 7) is 5.81. The standard InChI is InChI=1S/C11H20N4O2S/c1-5-17-9(16)11(3,12)6-8(2)18-10-14-13-7-15(10)4/h7-8H,5-6,12H2,1-4H3. The fourth-order valence-corrected chi connectivity index (χ4v) is 2.67. The van der Waals surface area contributed by atoms with Crippen LogP contribution in [0.4, 0.5) is 0 Å². The first kappa shape index (κ1) is 15.0. The lowest BCUT2D eigenvalue weighted by atomic mass is 9.98. The summed E-state index contributed by atoms with van der Waals surface area (Å²) in [5.74, 6) is -0.365. The molecule has 2 N–H and O–H groups in total. The van der Waals surface area contributed by atoms with Crippen LogP contribution < -0.4 is 5.73 Å². The molecule has 0 aromatic carbocycles. The molecule has 0 saturated heterocycles. The number of esters is 1. The summed E-state index contributed by atoms with van der Waals surface area (Å²) in [4.78, 5) is 11.7. The molecule has 18 heavy (non-hydrogen) atoms. The molecule has 0 radical (unpaired) electrons. The summed E-state index contributed by atoms with van der Waals surface area (Å²) >= 11 is 1.54. The van der Waals surface area contributed by atoms with Crippen molar-refractivity contribution < 1.29 is 9.53 Å². The first-order valence-corrected chi connectivity index (χ1v) is 6.71. The summed E-state index contributed by atoms with van der Waals surface area (Å²) in [6.07, 6.45) is 2.16. The molecule has 0 aliphatic heterocycles. The summed E-state index contributed by atoms with van der Waals surface area (Å²) < 4.78 is 6.79. The number of thioether (sulfide) groups is 1. The Balaban J connectivity index is 2.56. The summed E-state index contributed by atoms with van der Waals surface area (Å²) in [5.41, 5.74) is 5.01. The molecule has 0 amide bonds. The highest BCUT2D eigenvalue weighted by Gasteiger charge is 2.32. The van der Waals surface area contributed by atoms with E-state index >= 15 is 0 Å². The van der Waals surface area contributed by atoms with Gasteiger partial charge in [0.05, 0.1) is 6.61 Å². The van der Waals surface area contributed by atoms with E-state index in [0.29, 0.717) is 13.0 Å². The zero-order chi connectivity index (χ0) is 13.8. The third-order valence-corrected chi connectivity index (χ3v) is 3.58. The third-order valence-electron chi connectivity index (χ3n) is 2.43. The Bertz CT molecular complexity index is 406. The Morgan fingerprint density at radius 2 is 2.39 bits per heavy atom. The van der Waals surface area contributed by atoms with Gasteiger partial charge in [0.2, 0.25) is 0 Å². The van der Waals surface area contributed by atoms with Gasteiger partial charge in [-0.2, -0.15) is 0 Å². The number of hydrogen-bond donors (Lipinski definition) is 1. The Morgan fingerprint density at radius 1 is 1.72 bits per heavy atom. The molecule has 2 atom stereocenters. The molecule has 0 fully saturated rings. The number of aromatic nitrogens is 3. The van der Waals surface area contributed by atoms with Crippen molar-refractivity contribution >= 4 is 17.7 Å². The van der Waals surface area contributed by atoms with E-state index in [2.05, 4.69) is 10.2 Å². The van der Waals surface area contributed by atoms with Crippen molar-refractivity contribution in [1.29, 1.82) is 0 Å². The molecular weight excluding hydrogens is 252 g/mol. The Kier molecular flexibility index (Phi) is 5.15. The van der Waals surface area contributed by atoms with Crippen molar-refractivity contribution in [1.82, 2.24) is 14.8 Å². The second-order valence-electron chi connectivity index (χ2n) is 4.49. The number of ether oxygens (including phenoxy) is 1. The Hall–Kier alpha value is -1.08. The van der Waals surface area contributed by atoms with Crippen LogP contribution in [0.2, 0.25) is 0 Å². The van der Waals surface area contributed by atoms with Gasteiger partial charge < -0.3 is 15.0 Å². The van der Waals surface area contributed by atoms with Crippen molar-refractivity contribution in [2.45, 2.75) is 43.1 Å². The smallest absolute Gasteiger partial charge is 0.325 e. The SMILES string of the molecule is CCOC(=O)C(C)(N)CC(C)Sc1nncn1C. The highest BCUT2D eigenvalue weighted by atomic mass is 32.2. The van der Waals surface area contributed by atoms with Gasteiger partial charge in [0.15, 0.2) is 5.16 Å². The summed E-state index contributed by atoms with van der Waals surface area (Å²) in [6, 6.07) is 0. The van der Waals surface area contributed by atoms with Gasteiger partial charge in [0.25, 0.3) is 0 Å². The number of aryl methyl sites for hydroxylation is 1. The normalized spacial score (nSPS) is 16.1. The maximum Gasteiger partial charge on any atom is 0.325 e. The minimum Gasteiger partial charge on any atom is -0.465 e. The van der Waals surface area contributed by atoms with Crippen LogP contribution in [0.1, 0.15) is 27.2 Å². The number of hydrogen-bond acceptors (Lipinski definition) is 6. The fraction of sp³-hybridized carbons (Fsp3) is 0.727. The van der Waals surface area contributed by atoms with Crippen LogP contribution in [0.15, 0.2) is 11.5 Å². The van der Waals surface area contributed by atoms with Gasteiger partial charge in [-0.3, -0.25) is 4.79 Å². The van der Waals surface area contributed by atoms with Crippen LogP contribution in [0.25, 0.3) is 0 Å². The van der Waals surface area contributed by atoms with Crippen molar-refractivity contribution in [3.05, 3.63) is 6.33 Å². The minimum atomic E-state index is -0.971. The number of nitrogens with two attached hydrogens (primary N) is 1. The van der Waals surface area contributed by atoms with Crippen LogP contribution in [-0.2, 0) is 16.6 Å². The predicted octanol–water partition coefficient (Wildman–Crippen LogP) is 0.966. The highest BCUT2D eigenvalue weighted by Crippen LogP contribution is 2.26. The lowest BCUT2D eigenvalue weighted by Gasteiger charge is -2.25. The molecule has 2 unspecified atom stereocenters. The first-order chi connectivity index (χ1) is 8.36. The number of rotatable bonds is 6. The fourth-order valence-electron chi connectivity index (χ4n) is 1.58. The Morgan fingerprint density at radius 3 is 2.89 bits per heavy atom. The quantitative estimate of drug-likeness (QED) is 0.613. The summed E-state index contributed by atoms with van der Waals surface area (Å²) in [5, 5.41) is 8.74.